The van der Waals surface area contributed by atoms with E-state index in [2.05, 4.69) is 29.8 Å². The van der Waals surface area contributed by atoms with E-state index >= 15 is 0 Å². The van der Waals surface area contributed by atoms with Crippen molar-refractivity contribution in [3.05, 3.63) is 28.8 Å². The molecule has 15 heavy (non-hydrogen) atoms. The van der Waals surface area contributed by atoms with Gasteiger partial charge in [0.05, 0.1) is 21.6 Å². The Morgan fingerprint density at radius 2 is 2.40 bits per heavy atom. The first-order chi connectivity index (χ1) is 7.35. The third kappa shape index (κ3) is 2.01. The largest absolute Gasteiger partial charge is 0.320 e. The van der Waals surface area contributed by atoms with Gasteiger partial charge in [0.2, 0.25) is 0 Å². The van der Waals surface area contributed by atoms with Gasteiger partial charge in [0.25, 0.3) is 0 Å². The van der Waals surface area contributed by atoms with Crippen LogP contribution in [-0.2, 0) is 6.42 Å². The van der Waals surface area contributed by atoms with Crippen molar-refractivity contribution in [3.63, 3.8) is 0 Å². The SMILES string of the molecule is CCc1ccnc2cc(C#CCN)sc12. The number of aromatic nitrogens is 1. The van der Waals surface area contributed by atoms with Crippen molar-refractivity contribution < 1.29 is 0 Å². The van der Waals surface area contributed by atoms with Crippen LogP contribution in [0.1, 0.15) is 17.4 Å². The lowest BCUT2D eigenvalue weighted by molar-refractivity contribution is 1.15. The summed E-state index contributed by atoms with van der Waals surface area (Å²) in [6.07, 6.45) is 2.89. The van der Waals surface area contributed by atoms with Crippen LogP contribution in [0.3, 0.4) is 0 Å². The lowest BCUT2D eigenvalue weighted by Gasteiger charge is -1.95. The Morgan fingerprint density at radius 1 is 1.53 bits per heavy atom. The predicted molar refractivity (Wildman–Crippen MR) is 64.9 cm³/mol. The summed E-state index contributed by atoms with van der Waals surface area (Å²) >= 11 is 1.70. The molecule has 0 saturated carbocycles. The molecule has 0 bridgehead atoms. The maximum atomic E-state index is 5.34. The molecule has 0 radical (unpaired) electrons. The Balaban J connectivity index is 2.55. The number of nitrogens with two attached hydrogens (primary N) is 1. The van der Waals surface area contributed by atoms with Gasteiger partial charge in [-0.05, 0) is 24.1 Å². The van der Waals surface area contributed by atoms with Gasteiger partial charge in [0, 0.05) is 6.20 Å². The van der Waals surface area contributed by atoms with E-state index in [1.807, 2.05) is 12.3 Å². The number of thiophene rings is 1. The Labute approximate surface area is 93.1 Å². The first kappa shape index (κ1) is 10.2. The van der Waals surface area contributed by atoms with E-state index in [9.17, 15) is 0 Å². The average molecular weight is 216 g/mol. The van der Waals surface area contributed by atoms with Gasteiger partial charge in [0.15, 0.2) is 0 Å². The zero-order chi connectivity index (χ0) is 10.7. The van der Waals surface area contributed by atoms with E-state index in [4.69, 9.17) is 5.73 Å². The maximum absolute atomic E-state index is 5.34. The summed E-state index contributed by atoms with van der Waals surface area (Å²) in [7, 11) is 0. The molecule has 0 aliphatic heterocycles. The Hall–Kier alpha value is -1.37. The Kier molecular flexibility index (Phi) is 3.00. The van der Waals surface area contributed by atoms with Crippen molar-refractivity contribution in [2.45, 2.75) is 13.3 Å². The second-order valence-corrected chi connectivity index (χ2v) is 4.21. The molecule has 0 atom stereocenters. The zero-order valence-corrected chi connectivity index (χ0v) is 9.40. The topological polar surface area (TPSA) is 38.9 Å². The van der Waals surface area contributed by atoms with Crippen LogP contribution in [0.5, 0.6) is 0 Å². The fraction of sp³-hybridized carbons (Fsp3) is 0.250. The van der Waals surface area contributed by atoms with E-state index < -0.39 is 0 Å². The number of hydrogen-bond donors (Lipinski definition) is 1. The van der Waals surface area contributed by atoms with Gasteiger partial charge in [-0.25, -0.2) is 0 Å². The number of aryl methyl sites for hydroxylation is 1. The number of rotatable bonds is 1. The highest BCUT2D eigenvalue weighted by atomic mass is 32.1. The maximum Gasteiger partial charge on any atom is 0.0825 e. The van der Waals surface area contributed by atoms with Gasteiger partial charge in [-0.2, -0.15) is 0 Å². The third-order valence-corrected chi connectivity index (χ3v) is 3.30. The normalized spacial score (nSPS) is 10.0. The van der Waals surface area contributed by atoms with Crippen LogP contribution in [0.4, 0.5) is 0 Å². The van der Waals surface area contributed by atoms with Crippen LogP contribution in [0.15, 0.2) is 18.3 Å². The molecule has 2 aromatic heterocycles. The standard InChI is InChI=1S/C12H12N2S/c1-2-9-5-7-14-11-8-10(4-3-6-13)15-12(9)11/h5,7-8H,2,6,13H2,1H3. The molecule has 0 aromatic carbocycles. The molecule has 76 valence electrons. The number of pyridine rings is 1. The predicted octanol–water partition coefficient (Wildman–Crippen LogP) is 2.17. The van der Waals surface area contributed by atoms with E-state index in [0.29, 0.717) is 6.54 Å². The van der Waals surface area contributed by atoms with Gasteiger partial charge >= 0.3 is 0 Å². The van der Waals surface area contributed by atoms with Crippen molar-refractivity contribution in [3.8, 4) is 11.8 Å². The Bertz CT molecular complexity index is 531. The van der Waals surface area contributed by atoms with Gasteiger partial charge in [0.1, 0.15) is 0 Å². The molecule has 2 nitrogen and oxygen atoms in total. The summed E-state index contributed by atoms with van der Waals surface area (Å²) in [5, 5.41) is 0. The van der Waals surface area contributed by atoms with Gasteiger partial charge < -0.3 is 5.73 Å². The van der Waals surface area contributed by atoms with Gasteiger partial charge in [-0.15, -0.1) is 11.3 Å². The van der Waals surface area contributed by atoms with E-state index in [1.165, 1.54) is 10.3 Å². The molecule has 0 aliphatic rings. The van der Waals surface area contributed by atoms with Crippen molar-refractivity contribution >= 4 is 21.6 Å². The van der Waals surface area contributed by atoms with E-state index in [0.717, 1.165) is 16.8 Å². The molecule has 0 saturated heterocycles. The first-order valence-corrected chi connectivity index (χ1v) is 5.73. The second-order valence-electron chi connectivity index (χ2n) is 3.15. The highest BCUT2D eigenvalue weighted by Gasteiger charge is 2.04. The van der Waals surface area contributed by atoms with E-state index in [1.54, 1.807) is 11.3 Å². The van der Waals surface area contributed by atoms with Crippen LogP contribution in [0.25, 0.3) is 10.2 Å². The fourth-order valence-corrected chi connectivity index (χ4v) is 2.54. The molecule has 2 rings (SSSR count). The van der Waals surface area contributed by atoms with Crippen LogP contribution in [0.2, 0.25) is 0 Å². The molecule has 3 heteroatoms. The van der Waals surface area contributed by atoms with Crippen molar-refractivity contribution in [1.29, 1.82) is 0 Å². The minimum absolute atomic E-state index is 0.405. The molecule has 2 N–H and O–H groups in total. The van der Waals surface area contributed by atoms with Crippen molar-refractivity contribution in [1.82, 2.24) is 4.98 Å². The second kappa shape index (κ2) is 4.43. The molecule has 0 fully saturated rings. The summed E-state index contributed by atoms with van der Waals surface area (Å²) < 4.78 is 1.25. The molecule has 2 aromatic rings. The summed E-state index contributed by atoms with van der Waals surface area (Å²) in [5.41, 5.74) is 7.72. The average Bonchev–Trinajstić information content (AvgIpc) is 2.68. The lowest BCUT2D eigenvalue weighted by Crippen LogP contribution is -1.92. The van der Waals surface area contributed by atoms with E-state index in [-0.39, 0.29) is 0 Å². The number of nitrogens with zero attached hydrogens (tertiary/aromatic N) is 1. The van der Waals surface area contributed by atoms with Gasteiger partial charge in [-0.3, -0.25) is 4.98 Å². The highest BCUT2D eigenvalue weighted by Crippen LogP contribution is 2.26. The fourth-order valence-electron chi connectivity index (χ4n) is 1.47. The smallest absolute Gasteiger partial charge is 0.0825 e. The van der Waals surface area contributed by atoms with Crippen LogP contribution >= 0.6 is 11.3 Å². The monoisotopic (exact) mass is 216 g/mol. The summed E-state index contributed by atoms with van der Waals surface area (Å²) in [4.78, 5) is 5.38. The summed E-state index contributed by atoms with van der Waals surface area (Å²) in [6, 6.07) is 4.10. The minimum atomic E-state index is 0.405. The molecular formula is C12H12N2S. The van der Waals surface area contributed by atoms with Crippen molar-refractivity contribution in [2.75, 3.05) is 6.54 Å². The van der Waals surface area contributed by atoms with Gasteiger partial charge in [-0.1, -0.05) is 18.8 Å². The summed E-state index contributed by atoms with van der Waals surface area (Å²) in [6.45, 7) is 2.56. The molecule has 0 aliphatic carbocycles. The molecule has 0 unspecified atom stereocenters. The molecule has 0 spiro atoms. The number of fused-ring (bicyclic) bond motifs is 1. The van der Waals surface area contributed by atoms with Crippen LogP contribution in [-0.4, -0.2) is 11.5 Å². The highest BCUT2D eigenvalue weighted by molar-refractivity contribution is 7.19. The minimum Gasteiger partial charge on any atom is -0.320 e. The first-order valence-electron chi connectivity index (χ1n) is 4.91. The van der Waals surface area contributed by atoms with Crippen LogP contribution < -0.4 is 5.73 Å². The summed E-state index contributed by atoms with van der Waals surface area (Å²) in [5.74, 6) is 5.91. The van der Waals surface area contributed by atoms with Crippen molar-refractivity contribution in [2.24, 2.45) is 5.73 Å². The molecular weight excluding hydrogens is 204 g/mol. The zero-order valence-electron chi connectivity index (χ0n) is 8.58. The number of hydrogen-bond acceptors (Lipinski definition) is 3. The quantitative estimate of drug-likeness (QED) is 0.742. The lowest BCUT2D eigenvalue weighted by atomic mass is 10.2. The van der Waals surface area contributed by atoms with Crippen LogP contribution in [0, 0.1) is 11.8 Å². The Morgan fingerprint density at radius 3 is 3.13 bits per heavy atom. The molecule has 2 heterocycles. The third-order valence-electron chi connectivity index (χ3n) is 2.19. The molecule has 0 amide bonds.